The Labute approximate surface area is 101 Å². The molecule has 3 nitrogen and oxygen atoms in total. The topological polar surface area (TPSA) is 43.4 Å². The number of rotatable bonds is 5. The van der Waals surface area contributed by atoms with E-state index < -0.39 is 5.97 Å². The summed E-state index contributed by atoms with van der Waals surface area (Å²) in [5.74, 6) is -0.835. The van der Waals surface area contributed by atoms with Crippen molar-refractivity contribution in [1.29, 1.82) is 0 Å². The summed E-state index contributed by atoms with van der Waals surface area (Å²) in [5, 5.41) is 0. The number of ether oxygens (including phenoxy) is 1. The molecular formula is C14H16O3. The minimum absolute atomic E-state index is 0.0876. The van der Waals surface area contributed by atoms with Gasteiger partial charge in [0.25, 0.3) is 0 Å². The number of carbonyl (C=O) groups excluding carboxylic acids is 2. The van der Waals surface area contributed by atoms with Gasteiger partial charge < -0.3 is 4.74 Å². The highest BCUT2D eigenvalue weighted by molar-refractivity contribution is 6.19. The average molecular weight is 232 g/mol. The molecule has 0 unspecified atom stereocenters. The predicted molar refractivity (Wildman–Crippen MR) is 66.4 cm³/mol. The quantitative estimate of drug-likeness (QED) is 0.339. The molecule has 0 spiro atoms. The minimum atomic E-state index is -0.553. The maximum absolute atomic E-state index is 11.6. The van der Waals surface area contributed by atoms with E-state index in [1.165, 1.54) is 6.92 Å². The number of hydrogen-bond donors (Lipinski definition) is 0. The van der Waals surface area contributed by atoms with Gasteiger partial charge in [-0.25, -0.2) is 4.79 Å². The number of ketones is 1. The van der Waals surface area contributed by atoms with Crippen LogP contribution in [-0.4, -0.2) is 18.4 Å². The fourth-order valence-electron chi connectivity index (χ4n) is 1.29. The van der Waals surface area contributed by atoms with Gasteiger partial charge in [0.05, 0.1) is 6.61 Å². The molecule has 0 aromatic heterocycles. The fraction of sp³-hybridized carbons (Fsp3) is 0.286. The van der Waals surface area contributed by atoms with Gasteiger partial charge in [-0.2, -0.15) is 0 Å². The van der Waals surface area contributed by atoms with Crippen LogP contribution in [0.4, 0.5) is 0 Å². The summed E-state index contributed by atoms with van der Waals surface area (Å²) in [6.07, 6.45) is 2.29. The first kappa shape index (κ1) is 13.2. The molecule has 90 valence electrons. The van der Waals surface area contributed by atoms with Gasteiger partial charge in [0.1, 0.15) is 5.57 Å². The molecule has 0 bridgehead atoms. The molecule has 1 aromatic carbocycles. The molecule has 1 rings (SSSR count). The van der Waals surface area contributed by atoms with Crippen molar-refractivity contribution in [3.05, 3.63) is 41.5 Å². The third-order valence-electron chi connectivity index (χ3n) is 2.15. The van der Waals surface area contributed by atoms with E-state index in [9.17, 15) is 9.59 Å². The van der Waals surface area contributed by atoms with Gasteiger partial charge in [0, 0.05) is 0 Å². The van der Waals surface area contributed by atoms with Crippen LogP contribution in [0.3, 0.4) is 0 Å². The SMILES string of the molecule is CCCOC(=O)C(=Cc1ccccc1)C(C)=O. The summed E-state index contributed by atoms with van der Waals surface area (Å²) in [6.45, 7) is 3.60. The maximum Gasteiger partial charge on any atom is 0.341 e. The van der Waals surface area contributed by atoms with Crippen LogP contribution in [0.1, 0.15) is 25.8 Å². The van der Waals surface area contributed by atoms with E-state index in [4.69, 9.17) is 4.74 Å². The molecule has 0 fully saturated rings. The largest absolute Gasteiger partial charge is 0.462 e. The number of carbonyl (C=O) groups is 2. The maximum atomic E-state index is 11.6. The molecule has 0 aliphatic carbocycles. The van der Waals surface area contributed by atoms with Crippen molar-refractivity contribution in [2.75, 3.05) is 6.61 Å². The van der Waals surface area contributed by atoms with Crippen LogP contribution in [0.2, 0.25) is 0 Å². The summed E-state index contributed by atoms with van der Waals surface area (Å²) in [7, 11) is 0. The molecule has 0 heterocycles. The Hall–Kier alpha value is -1.90. The summed E-state index contributed by atoms with van der Waals surface area (Å²) in [4.78, 5) is 23.0. The van der Waals surface area contributed by atoms with Crippen molar-refractivity contribution < 1.29 is 14.3 Å². The highest BCUT2D eigenvalue weighted by Gasteiger charge is 2.15. The molecule has 0 aliphatic rings. The molecule has 0 amide bonds. The Morgan fingerprint density at radius 1 is 1.24 bits per heavy atom. The lowest BCUT2D eigenvalue weighted by atomic mass is 10.1. The zero-order valence-corrected chi connectivity index (χ0v) is 10.1. The van der Waals surface area contributed by atoms with Crippen molar-refractivity contribution in [2.45, 2.75) is 20.3 Å². The van der Waals surface area contributed by atoms with Crippen LogP contribution in [0, 0.1) is 0 Å². The van der Waals surface area contributed by atoms with E-state index in [0.29, 0.717) is 6.61 Å². The highest BCUT2D eigenvalue weighted by Crippen LogP contribution is 2.09. The third kappa shape index (κ3) is 4.23. The molecule has 1 aromatic rings. The fourth-order valence-corrected chi connectivity index (χ4v) is 1.29. The lowest BCUT2D eigenvalue weighted by Crippen LogP contribution is -2.14. The van der Waals surface area contributed by atoms with E-state index >= 15 is 0 Å². The molecule has 0 N–H and O–H groups in total. The van der Waals surface area contributed by atoms with Gasteiger partial charge in [-0.15, -0.1) is 0 Å². The Morgan fingerprint density at radius 3 is 2.41 bits per heavy atom. The standard InChI is InChI=1S/C14H16O3/c1-3-9-17-14(16)13(11(2)15)10-12-7-5-4-6-8-12/h4-8,10H,3,9H2,1-2H3. The van der Waals surface area contributed by atoms with Crippen LogP contribution < -0.4 is 0 Å². The van der Waals surface area contributed by atoms with E-state index in [1.54, 1.807) is 6.08 Å². The van der Waals surface area contributed by atoms with Crippen LogP contribution >= 0.6 is 0 Å². The monoisotopic (exact) mass is 232 g/mol. The van der Waals surface area contributed by atoms with Crippen molar-refractivity contribution >= 4 is 17.8 Å². The molecule has 0 aliphatic heterocycles. The average Bonchev–Trinajstić information content (AvgIpc) is 2.34. The first-order chi connectivity index (χ1) is 8.15. The van der Waals surface area contributed by atoms with Crippen molar-refractivity contribution in [1.82, 2.24) is 0 Å². The number of Topliss-reactive ketones (excluding diaryl/α,β-unsaturated/α-hetero) is 1. The summed E-state index contributed by atoms with van der Waals surface area (Å²) in [6, 6.07) is 9.23. The van der Waals surface area contributed by atoms with Gasteiger partial charge in [-0.1, -0.05) is 37.3 Å². The molecular weight excluding hydrogens is 216 g/mol. The second-order valence-corrected chi connectivity index (χ2v) is 3.66. The number of hydrogen-bond acceptors (Lipinski definition) is 3. The Balaban J connectivity index is 2.90. The van der Waals surface area contributed by atoms with Gasteiger partial charge in [-0.05, 0) is 25.0 Å². The zero-order valence-electron chi connectivity index (χ0n) is 10.1. The van der Waals surface area contributed by atoms with Crippen LogP contribution in [-0.2, 0) is 14.3 Å². The lowest BCUT2D eigenvalue weighted by molar-refractivity contribution is -0.140. The van der Waals surface area contributed by atoms with Gasteiger partial charge in [-0.3, -0.25) is 4.79 Å². The highest BCUT2D eigenvalue weighted by atomic mass is 16.5. The van der Waals surface area contributed by atoms with Crippen LogP contribution in [0.5, 0.6) is 0 Å². The first-order valence-corrected chi connectivity index (χ1v) is 5.60. The number of benzene rings is 1. The second kappa shape index (κ2) is 6.63. The van der Waals surface area contributed by atoms with Crippen LogP contribution in [0.25, 0.3) is 6.08 Å². The molecule has 0 saturated heterocycles. The lowest BCUT2D eigenvalue weighted by Gasteiger charge is -2.04. The zero-order chi connectivity index (χ0) is 12.7. The summed E-state index contributed by atoms with van der Waals surface area (Å²) in [5.41, 5.74) is 0.899. The molecule has 3 heteroatoms. The second-order valence-electron chi connectivity index (χ2n) is 3.66. The normalized spacial score (nSPS) is 11.1. The molecule has 0 atom stereocenters. The first-order valence-electron chi connectivity index (χ1n) is 5.60. The van der Waals surface area contributed by atoms with Crippen molar-refractivity contribution in [2.24, 2.45) is 0 Å². The predicted octanol–water partition coefficient (Wildman–Crippen LogP) is 2.61. The molecule has 17 heavy (non-hydrogen) atoms. The van der Waals surface area contributed by atoms with E-state index in [1.807, 2.05) is 37.3 Å². The van der Waals surface area contributed by atoms with Crippen molar-refractivity contribution in [3.8, 4) is 0 Å². The summed E-state index contributed by atoms with van der Waals surface area (Å²) < 4.78 is 4.96. The molecule has 0 radical (unpaired) electrons. The van der Waals surface area contributed by atoms with Crippen LogP contribution in [0.15, 0.2) is 35.9 Å². The Bertz CT molecular complexity index is 418. The van der Waals surface area contributed by atoms with Crippen molar-refractivity contribution in [3.63, 3.8) is 0 Å². The molecule has 0 saturated carbocycles. The third-order valence-corrected chi connectivity index (χ3v) is 2.15. The van der Waals surface area contributed by atoms with Gasteiger partial charge >= 0.3 is 5.97 Å². The van der Waals surface area contributed by atoms with Gasteiger partial charge in [0.2, 0.25) is 0 Å². The Morgan fingerprint density at radius 2 is 1.88 bits per heavy atom. The van der Waals surface area contributed by atoms with E-state index in [2.05, 4.69) is 0 Å². The Kier molecular flexibility index (Phi) is 5.14. The van der Waals surface area contributed by atoms with E-state index in [0.717, 1.165) is 12.0 Å². The van der Waals surface area contributed by atoms with Gasteiger partial charge in [0.15, 0.2) is 5.78 Å². The minimum Gasteiger partial charge on any atom is -0.462 e. The smallest absolute Gasteiger partial charge is 0.341 e. The number of esters is 1. The summed E-state index contributed by atoms with van der Waals surface area (Å²) >= 11 is 0. The van der Waals surface area contributed by atoms with E-state index in [-0.39, 0.29) is 11.4 Å².